The molecule has 0 aliphatic carbocycles. The van der Waals surface area contributed by atoms with Gasteiger partial charge in [-0.15, -0.1) is 0 Å². The monoisotopic (exact) mass is 608 g/mol. The van der Waals surface area contributed by atoms with Crippen LogP contribution in [-0.4, -0.2) is 90.8 Å². The van der Waals surface area contributed by atoms with Gasteiger partial charge in [0.25, 0.3) is 0 Å². The summed E-state index contributed by atoms with van der Waals surface area (Å²) in [6.45, 7) is 6.94. The predicted molar refractivity (Wildman–Crippen MR) is 138 cm³/mol. The first-order valence-electron chi connectivity index (χ1n) is 12.3. The van der Waals surface area contributed by atoms with Crippen LogP contribution in [0.1, 0.15) is 34.1 Å². The maximum absolute atomic E-state index is 15.4. The number of phosphoric acid groups is 1. The lowest BCUT2D eigenvalue weighted by molar-refractivity contribution is -0.148. The number of alkyl halides is 1. The molecule has 0 aromatic heterocycles. The van der Waals surface area contributed by atoms with Gasteiger partial charge in [-0.2, -0.15) is 0 Å². The number of aliphatic imine (C=N–C) groups is 1. The van der Waals surface area contributed by atoms with E-state index in [4.69, 9.17) is 39.0 Å². The van der Waals surface area contributed by atoms with Crippen molar-refractivity contribution in [2.45, 2.75) is 70.4 Å². The van der Waals surface area contributed by atoms with E-state index in [1.165, 1.54) is 12.3 Å². The Bertz CT molecular complexity index is 1080. The SMILES string of the molecule is C=C1N=C(N)C=CN1[C@@H]1O[C@](CN=[N+]=[N-])(COP(=O)(OCCC(=O)OC(C)C)OCOC(=O)OC(C)C)[C@@H](O)[C@H]1F. The minimum Gasteiger partial charge on any atom is -0.463 e. The van der Waals surface area contributed by atoms with Crippen molar-refractivity contribution in [2.24, 2.45) is 15.8 Å². The van der Waals surface area contributed by atoms with Gasteiger partial charge in [-0.1, -0.05) is 11.7 Å². The zero-order valence-electron chi connectivity index (χ0n) is 23.0. The van der Waals surface area contributed by atoms with Gasteiger partial charge in [0.15, 0.2) is 12.4 Å². The molecular weight excluding hydrogens is 574 g/mol. The summed E-state index contributed by atoms with van der Waals surface area (Å²) in [7, 11) is -4.72. The number of phosphoric ester groups is 1. The van der Waals surface area contributed by atoms with E-state index < -0.39 is 82.8 Å². The number of hydrogen-bond acceptors (Lipinski definition) is 15. The number of nitrogens with two attached hydrogens (primary N) is 1. The molecule has 5 atom stereocenters. The van der Waals surface area contributed by atoms with Crippen molar-refractivity contribution in [3.63, 3.8) is 0 Å². The number of nitrogens with zero attached hydrogens (tertiary/aromatic N) is 5. The number of ether oxygens (including phenoxy) is 4. The molecule has 0 saturated carbocycles. The summed E-state index contributed by atoms with van der Waals surface area (Å²) in [4.78, 5) is 31.2. The summed E-state index contributed by atoms with van der Waals surface area (Å²) >= 11 is 0. The van der Waals surface area contributed by atoms with E-state index in [-0.39, 0.29) is 18.1 Å². The molecular formula is C22H34FN6O11P. The Balaban J connectivity index is 2.22. The Labute approximate surface area is 235 Å². The highest BCUT2D eigenvalue weighted by Crippen LogP contribution is 2.51. The fourth-order valence-electron chi connectivity index (χ4n) is 3.43. The van der Waals surface area contributed by atoms with Gasteiger partial charge in [0.1, 0.15) is 23.4 Å². The van der Waals surface area contributed by atoms with Gasteiger partial charge in [-0.3, -0.25) is 13.8 Å². The van der Waals surface area contributed by atoms with Crippen molar-refractivity contribution in [3.8, 4) is 0 Å². The number of azide groups is 1. The molecule has 1 unspecified atom stereocenters. The zero-order valence-corrected chi connectivity index (χ0v) is 23.8. The molecule has 0 radical (unpaired) electrons. The summed E-state index contributed by atoms with van der Waals surface area (Å²) in [5, 5.41) is 14.2. The number of halogens is 1. The van der Waals surface area contributed by atoms with E-state index >= 15 is 4.39 Å². The minimum atomic E-state index is -4.72. The van der Waals surface area contributed by atoms with Crippen LogP contribution in [0.4, 0.5) is 9.18 Å². The van der Waals surface area contributed by atoms with Crippen LogP contribution < -0.4 is 5.73 Å². The van der Waals surface area contributed by atoms with Crippen molar-refractivity contribution in [1.82, 2.24) is 4.90 Å². The van der Waals surface area contributed by atoms with E-state index in [9.17, 15) is 19.3 Å². The van der Waals surface area contributed by atoms with Crippen molar-refractivity contribution < 1.29 is 56.2 Å². The first-order valence-corrected chi connectivity index (χ1v) is 13.7. The van der Waals surface area contributed by atoms with Crippen LogP contribution >= 0.6 is 7.82 Å². The van der Waals surface area contributed by atoms with Gasteiger partial charge in [0.05, 0.1) is 38.4 Å². The molecule has 230 valence electrons. The van der Waals surface area contributed by atoms with Crippen LogP contribution in [-0.2, 0) is 41.9 Å². The number of carbonyl (C=O) groups excluding carboxylic acids is 2. The third-order valence-corrected chi connectivity index (χ3v) is 6.58. The van der Waals surface area contributed by atoms with E-state index in [0.29, 0.717) is 0 Å². The molecule has 0 aromatic rings. The normalized spacial score (nSPS) is 25.5. The Hall–Kier alpha value is -3.24. The molecule has 3 N–H and O–H groups in total. The summed E-state index contributed by atoms with van der Waals surface area (Å²) in [6.07, 6.45) is -5.46. The maximum atomic E-state index is 15.4. The Morgan fingerprint density at radius 2 is 2.00 bits per heavy atom. The van der Waals surface area contributed by atoms with E-state index in [1.54, 1.807) is 27.7 Å². The van der Waals surface area contributed by atoms with Crippen LogP contribution in [0.5, 0.6) is 0 Å². The molecule has 2 aliphatic rings. The number of amidine groups is 1. The highest BCUT2D eigenvalue weighted by molar-refractivity contribution is 7.48. The third-order valence-electron chi connectivity index (χ3n) is 5.22. The van der Waals surface area contributed by atoms with Crippen molar-refractivity contribution in [1.29, 1.82) is 0 Å². The smallest absolute Gasteiger partial charge is 0.463 e. The molecule has 1 saturated heterocycles. The summed E-state index contributed by atoms with van der Waals surface area (Å²) in [5.74, 6) is -0.601. The van der Waals surface area contributed by atoms with Crippen LogP contribution in [0.15, 0.2) is 34.8 Å². The summed E-state index contributed by atoms with van der Waals surface area (Å²) in [6, 6.07) is 0. The number of esters is 1. The first kappa shape index (κ1) is 34.0. The number of aliphatic hydroxyl groups is 1. The van der Waals surface area contributed by atoms with Crippen LogP contribution in [0.25, 0.3) is 10.4 Å². The predicted octanol–water partition coefficient (Wildman–Crippen LogP) is 2.77. The second kappa shape index (κ2) is 15.1. The quantitative estimate of drug-likeness (QED) is 0.0681. The minimum absolute atomic E-state index is 0.0126. The highest BCUT2D eigenvalue weighted by Gasteiger charge is 2.58. The van der Waals surface area contributed by atoms with Crippen LogP contribution in [0.2, 0.25) is 0 Å². The lowest BCUT2D eigenvalue weighted by Gasteiger charge is -2.33. The number of aliphatic hydroxyl groups excluding tert-OH is 1. The van der Waals surface area contributed by atoms with Gasteiger partial charge < -0.3 is 34.7 Å². The van der Waals surface area contributed by atoms with Gasteiger partial charge >= 0.3 is 19.9 Å². The maximum Gasteiger partial charge on any atom is 0.510 e. The Morgan fingerprint density at radius 3 is 2.61 bits per heavy atom. The standard InChI is InChI=1S/C22H34FN6O11P/c1-13(2)38-17(30)7-9-35-41(33,37-12-34-21(32)39-14(3)4)36-11-22(10-26-28-25)19(31)18(23)20(40-22)29-8-6-16(24)27-15(29)5/h6,8,13-14,18-20,31H,5,7,9-12H2,1-4H3,(H2,24,27)/t18-,19+,20-,22-,41?/m1/s1. The summed E-state index contributed by atoms with van der Waals surface area (Å²) < 4.78 is 64.5. The largest absolute Gasteiger partial charge is 0.510 e. The molecule has 1 fully saturated rings. The van der Waals surface area contributed by atoms with E-state index in [2.05, 4.69) is 26.3 Å². The van der Waals surface area contributed by atoms with E-state index in [0.717, 1.165) is 4.90 Å². The number of carbonyl (C=O) groups is 2. The van der Waals surface area contributed by atoms with Crippen LogP contribution in [0, 0.1) is 0 Å². The zero-order chi connectivity index (χ0) is 30.8. The lowest BCUT2D eigenvalue weighted by atomic mass is 9.97. The van der Waals surface area contributed by atoms with Crippen molar-refractivity contribution in [2.75, 3.05) is 26.6 Å². The topological polar surface area (TPSA) is 226 Å². The molecule has 19 heteroatoms. The fourth-order valence-corrected chi connectivity index (χ4v) is 4.52. The fraction of sp³-hybridized carbons (Fsp3) is 0.682. The number of hydrogen-bond donors (Lipinski definition) is 2. The number of rotatable bonds is 15. The summed E-state index contributed by atoms with van der Waals surface area (Å²) in [5.41, 5.74) is 12.4. The molecule has 0 spiro atoms. The molecule has 2 aliphatic heterocycles. The molecule has 17 nitrogen and oxygen atoms in total. The molecule has 41 heavy (non-hydrogen) atoms. The van der Waals surface area contributed by atoms with Crippen molar-refractivity contribution >= 4 is 25.8 Å². The molecule has 0 amide bonds. The Morgan fingerprint density at radius 1 is 1.32 bits per heavy atom. The molecule has 0 bridgehead atoms. The molecule has 2 heterocycles. The highest BCUT2D eigenvalue weighted by atomic mass is 31.2. The average Bonchev–Trinajstić information content (AvgIpc) is 3.11. The lowest BCUT2D eigenvalue weighted by Crippen LogP contribution is -2.48. The second-order valence-corrected chi connectivity index (χ2v) is 10.8. The third kappa shape index (κ3) is 9.97. The Kier molecular flexibility index (Phi) is 12.5. The van der Waals surface area contributed by atoms with E-state index in [1.807, 2.05) is 0 Å². The van der Waals surface area contributed by atoms with Crippen LogP contribution in [0.3, 0.4) is 0 Å². The first-order chi connectivity index (χ1) is 19.2. The van der Waals surface area contributed by atoms with Gasteiger partial charge in [0.2, 0.25) is 6.79 Å². The van der Waals surface area contributed by atoms with Gasteiger partial charge in [-0.05, 0) is 39.3 Å². The second-order valence-electron chi connectivity index (χ2n) is 9.18. The van der Waals surface area contributed by atoms with Gasteiger partial charge in [-0.25, -0.2) is 23.3 Å². The van der Waals surface area contributed by atoms with Crippen molar-refractivity contribution in [3.05, 3.63) is 35.1 Å². The molecule has 0 aromatic carbocycles. The molecule has 2 rings (SSSR count). The van der Waals surface area contributed by atoms with Gasteiger partial charge in [0, 0.05) is 11.1 Å². The average molecular weight is 609 g/mol.